The summed E-state index contributed by atoms with van der Waals surface area (Å²) >= 11 is 0. The molecule has 1 aliphatic rings. The number of aryl methyl sites for hydroxylation is 1. The zero-order valence-corrected chi connectivity index (χ0v) is 13.8. The molecule has 3 heteroatoms. The van der Waals surface area contributed by atoms with E-state index in [9.17, 15) is 13.2 Å². The maximum atomic E-state index is 14.5. The van der Waals surface area contributed by atoms with E-state index in [4.69, 9.17) is 0 Å². The van der Waals surface area contributed by atoms with Crippen LogP contribution in [0.2, 0.25) is 0 Å². The van der Waals surface area contributed by atoms with Gasteiger partial charge in [0.25, 0.3) is 0 Å². The van der Waals surface area contributed by atoms with Crippen LogP contribution < -0.4 is 0 Å². The Morgan fingerprint density at radius 2 is 1.67 bits per heavy atom. The van der Waals surface area contributed by atoms with Gasteiger partial charge in [-0.05, 0) is 66.1 Å². The van der Waals surface area contributed by atoms with E-state index >= 15 is 0 Å². The van der Waals surface area contributed by atoms with Crippen LogP contribution in [0.4, 0.5) is 13.2 Å². The Morgan fingerprint density at radius 1 is 0.917 bits per heavy atom. The van der Waals surface area contributed by atoms with Crippen molar-refractivity contribution in [2.75, 3.05) is 0 Å². The Morgan fingerprint density at radius 3 is 2.38 bits per heavy atom. The predicted molar refractivity (Wildman–Crippen MR) is 92.2 cm³/mol. The van der Waals surface area contributed by atoms with Crippen LogP contribution in [0.25, 0.3) is 11.6 Å². The lowest BCUT2D eigenvalue weighted by Crippen LogP contribution is -2.05. The minimum absolute atomic E-state index is 0.0316. The third-order valence-corrected chi connectivity index (χ3v) is 4.62. The van der Waals surface area contributed by atoms with Crippen molar-refractivity contribution in [2.24, 2.45) is 0 Å². The molecule has 0 heterocycles. The first-order valence-corrected chi connectivity index (χ1v) is 8.56. The van der Waals surface area contributed by atoms with E-state index in [2.05, 4.69) is 6.92 Å². The summed E-state index contributed by atoms with van der Waals surface area (Å²) in [6.45, 7) is 2.10. The highest BCUT2D eigenvalue weighted by Crippen LogP contribution is 2.34. The molecule has 3 rings (SSSR count). The van der Waals surface area contributed by atoms with Gasteiger partial charge in [-0.1, -0.05) is 38.0 Å². The lowest BCUT2D eigenvalue weighted by Gasteiger charge is -2.18. The van der Waals surface area contributed by atoms with E-state index < -0.39 is 11.6 Å². The van der Waals surface area contributed by atoms with Gasteiger partial charge in [0.15, 0.2) is 0 Å². The second kappa shape index (κ2) is 7.25. The number of rotatable bonds is 5. The molecule has 0 aromatic heterocycles. The van der Waals surface area contributed by atoms with Crippen molar-refractivity contribution in [3.8, 4) is 0 Å². The fourth-order valence-corrected chi connectivity index (χ4v) is 3.35. The summed E-state index contributed by atoms with van der Waals surface area (Å²) in [5.74, 6) is -1.30. The maximum Gasteiger partial charge on any atom is 0.133 e. The van der Waals surface area contributed by atoms with Gasteiger partial charge in [-0.3, -0.25) is 0 Å². The predicted octanol–water partition coefficient (Wildman–Crippen LogP) is 6.32. The van der Waals surface area contributed by atoms with Crippen molar-refractivity contribution in [1.29, 1.82) is 0 Å². The van der Waals surface area contributed by atoms with Gasteiger partial charge in [0, 0.05) is 5.56 Å². The largest absolute Gasteiger partial charge is 0.207 e. The van der Waals surface area contributed by atoms with E-state index in [0.29, 0.717) is 41.5 Å². The van der Waals surface area contributed by atoms with E-state index in [-0.39, 0.29) is 11.4 Å². The zero-order valence-electron chi connectivity index (χ0n) is 13.8. The van der Waals surface area contributed by atoms with Crippen LogP contribution in [-0.4, -0.2) is 0 Å². The molecule has 0 saturated heterocycles. The molecule has 0 fully saturated rings. The summed E-state index contributed by atoms with van der Waals surface area (Å²) in [4.78, 5) is 0. The molecule has 2 aromatic rings. The van der Waals surface area contributed by atoms with Crippen molar-refractivity contribution < 1.29 is 13.2 Å². The third-order valence-electron chi connectivity index (χ3n) is 4.62. The molecule has 0 amide bonds. The molecule has 0 bridgehead atoms. The molecule has 126 valence electrons. The van der Waals surface area contributed by atoms with Gasteiger partial charge in [-0.25, -0.2) is 13.2 Å². The first-order chi connectivity index (χ1) is 11.6. The van der Waals surface area contributed by atoms with Crippen LogP contribution >= 0.6 is 0 Å². The van der Waals surface area contributed by atoms with Crippen LogP contribution in [0.3, 0.4) is 0 Å². The fraction of sp³-hybridized carbons (Fsp3) is 0.333. The Labute approximate surface area is 141 Å². The Bertz CT molecular complexity index is 752. The summed E-state index contributed by atoms with van der Waals surface area (Å²) in [7, 11) is 0. The maximum absolute atomic E-state index is 14.5. The standard InChI is InChI=1S/C21H21F3/c1-2-3-4-6-14-11-19(23)21(20(24)12-14)16-9-10-17-15(13-16)7-5-8-18(17)22/h5,7-8,11-13H,2-4,6,9-10H2,1H3. The number of unbranched alkanes of at least 4 members (excludes halogenated alkanes) is 2. The van der Waals surface area contributed by atoms with Crippen LogP contribution in [0.5, 0.6) is 0 Å². The third kappa shape index (κ3) is 3.40. The zero-order chi connectivity index (χ0) is 17.1. The molecule has 24 heavy (non-hydrogen) atoms. The minimum atomic E-state index is -0.521. The van der Waals surface area contributed by atoms with E-state index in [0.717, 1.165) is 19.3 Å². The van der Waals surface area contributed by atoms with Crippen LogP contribution in [0.1, 0.15) is 54.9 Å². The summed E-state index contributed by atoms with van der Waals surface area (Å²) in [6.07, 6.45) is 6.37. The molecule has 0 N–H and O–H groups in total. The van der Waals surface area contributed by atoms with Crippen LogP contribution in [0, 0.1) is 17.5 Å². The average Bonchev–Trinajstić information content (AvgIpc) is 2.55. The van der Waals surface area contributed by atoms with Gasteiger partial charge in [0.05, 0.1) is 0 Å². The molecule has 0 aliphatic heterocycles. The SMILES string of the molecule is CCCCCc1cc(F)c(C2=Cc3cccc(F)c3CC2)c(F)c1. The molecule has 0 spiro atoms. The molecule has 0 nitrogen and oxygen atoms in total. The first-order valence-electron chi connectivity index (χ1n) is 8.56. The molecule has 0 saturated carbocycles. The Kier molecular flexibility index (Phi) is 5.08. The Hall–Kier alpha value is -2.03. The first kappa shape index (κ1) is 16.8. The number of fused-ring (bicyclic) bond motifs is 1. The fourth-order valence-electron chi connectivity index (χ4n) is 3.35. The number of benzene rings is 2. The van der Waals surface area contributed by atoms with Crippen molar-refractivity contribution in [3.05, 3.63) is 70.0 Å². The van der Waals surface area contributed by atoms with Crippen molar-refractivity contribution >= 4 is 11.6 Å². The van der Waals surface area contributed by atoms with Crippen molar-refractivity contribution in [2.45, 2.75) is 45.4 Å². The van der Waals surface area contributed by atoms with Gasteiger partial charge in [0.2, 0.25) is 0 Å². The summed E-state index contributed by atoms with van der Waals surface area (Å²) in [6, 6.07) is 7.71. The number of allylic oxidation sites excluding steroid dienone is 1. The number of hydrogen-bond acceptors (Lipinski definition) is 0. The quantitative estimate of drug-likeness (QED) is 0.562. The van der Waals surface area contributed by atoms with Crippen LogP contribution in [-0.2, 0) is 12.8 Å². The lowest BCUT2D eigenvalue weighted by molar-refractivity contribution is 0.569. The molecule has 1 aliphatic carbocycles. The molecular formula is C21H21F3. The highest BCUT2D eigenvalue weighted by atomic mass is 19.1. The summed E-state index contributed by atoms with van der Waals surface area (Å²) in [5.41, 5.74) is 2.66. The average molecular weight is 330 g/mol. The Balaban J connectivity index is 1.92. The van der Waals surface area contributed by atoms with Gasteiger partial charge in [-0.2, -0.15) is 0 Å². The molecule has 2 aromatic carbocycles. The van der Waals surface area contributed by atoms with Crippen molar-refractivity contribution in [1.82, 2.24) is 0 Å². The lowest BCUT2D eigenvalue weighted by atomic mass is 9.87. The normalized spacial score (nSPS) is 13.6. The molecule has 0 unspecified atom stereocenters. The second-order valence-electron chi connectivity index (χ2n) is 6.37. The van der Waals surface area contributed by atoms with Gasteiger partial charge < -0.3 is 0 Å². The van der Waals surface area contributed by atoms with Gasteiger partial charge in [-0.15, -0.1) is 0 Å². The van der Waals surface area contributed by atoms with Gasteiger partial charge in [0.1, 0.15) is 17.5 Å². The van der Waals surface area contributed by atoms with E-state index in [1.54, 1.807) is 18.2 Å². The van der Waals surface area contributed by atoms with Crippen LogP contribution in [0.15, 0.2) is 30.3 Å². The second-order valence-corrected chi connectivity index (χ2v) is 6.37. The minimum Gasteiger partial charge on any atom is -0.207 e. The summed E-state index contributed by atoms with van der Waals surface area (Å²) < 4.78 is 42.8. The summed E-state index contributed by atoms with van der Waals surface area (Å²) in [5, 5.41) is 0. The monoisotopic (exact) mass is 330 g/mol. The number of halogens is 3. The topological polar surface area (TPSA) is 0 Å². The molecule has 0 atom stereocenters. The van der Waals surface area contributed by atoms with Crippen molar-refractivity contribution in [3.63, 3.8) is 0 Å². The van der Waals surface area contributed by atoms with E-state index in [1.807, 2.05) is 0 Å². The van der Waals surface area contributed by atoms with Gasteiger partial charge >= 0.3 is 0 Å². The number of hydrogen-bond donors (Lipinski definition) is 0. The smallest absolute Gasteiger partial charge is 0.133 e. The molecule has 0 radical (unpaired) electrons. The molecular weight excluding hydrogens is 309 g/mol. The highest BCUT2D eigenvalue weighted by Gasteiger charge is 2.20. The highest BCUT2D eigenvalue weighted by molar-refractivity contribution is 5.85. The van der Waals surface area contributed by atoms with E-state index in [1.165, 1.54) is 18.2 Å².